The number of nitrogens with zero attached hydrogens (tertiary/aromatic N) is 5. The van der Waals surface area contributed by atoms with Crippen LogP contribution in [0.5, 0.6) is 0 Å². The molecule has 3 rings (SSSR count). The molecule has 19 heavy (non-hydrogen) atoms. The number of rotatable bonds is 4. The van der Waals surface area contributed by atoms with Crippen molar-refractivity contribution in [3.63, 3.8) is 0 Å². The highest BCUT2D eigenvalue weighted by atomic mass is 15.3. The van der Waals surface area contributed by atoms with E-state index in [9.17, 15) is 0 Å². The Morgan fingerprint density at radius 1 is 1.26 bits per heavy atom. The molecule has 5 heteroatoms. The smallest absolute Gasteiger partial charge is 0.140 e. The highest BCUT2D eigenvalue weighted by molar-refractivity contribution is 4.98. The van der Waals surface area contributed by atoms with Crippen LogP contribution in [0.1, 0.15) is 25.6 Å². The summed E-state index contributed by atoms with van der Waals surface area (Å²) in [6.45, 7) is 6.43. The van der Waals surface area contributed by atoms with Gasteiger partial charge in [-0.2, -0.15) is 5.10 Å². The van der Waals surface area contributed by atoms with E-state index in [4.69, 9.17) is 0 Å². The van der Waals surface area contributed by atoms with Crippen molar-refractivity contribution in [1.82, 2.24) is 24.6 Å². The van der Waals surface area contributed by atoms with Crippen molar-refractivity contribution in [2.75, 3.05) is 27.2 Å². The molecule has 1 aromatic heterocycles. The molecule has 5 nitrogen and oxygen atoms in total. The van der Waals surface area contributed by atoms with Crippen LogP contribution in [0.4, 0.5) is 0 Å². The summed E-state index contributed by atoms with van der Waals surface area (Å²) in [6.07, 6.45) is 4.47. The third kappa shape index (κ3) is 2.41. The van der Waals surface area contributed by atoms with Gasteiger partial charge in [0.2, 0.25) is 0 Å². The van der Waals surface area contributed by atoms with Crippen molar-refractivity contribution in [3.8, 4) is 0 Å². The maximum Gasteiger partial charge on any atom is 0.140 e. The Labute approximate surface area is 115 Å². The predicted molar refractivity (Wildman–Crippen MR) is 74.7 cm³/mol. The van der Waals surface area contributed by atoms with Crippen molar-refractivity contribution in [2.24, 2.45) is 11.8 Å². The summed E-state index contributed by atoms with van der Waals surface area (Å²) < 4.78 is 2.01. The molecular formula is C14H25N5. The average Bonchev–Trinajstić information content (AvgIpc) is 2.92. The third-order valence-electron chi connectivity index (χ3n) is 4.82. The van der Waals surface area contributed by atoms with Gasteiger partial charge in [0.15, 0.2) is 0 Å². The molecule has 0 aromatic carbocycles. The molecule has 1 saturated heterocycles. The van der Waals surface area contributed by atoms with Gasteiger partial charge in [-0.25, -0.2) is 9.67 Å². The van der Waals surface area contributed by atoms with Crippen LogP contribution < -0.4 is 0 Å². The Morgan fingerprint density at radius 3 is 2.53 bits per heavy atom. The first-order valence-corrected chi connectivity index (χ1v) is 7.44. The first-order chi connectivity index (χ1) is 9.19. The molecule has 2 bridgehead atoms. The number of aromatic nitrogens is 3. The van der Waals surface area contributed by atoms with E-state index in [2.05, 4.69) is 40.9 Å². The first kappa shape index (κ1) is 13.1. The summed E-state index contributed by atoms with van der Waals surface area (Å²) in [5.74, 6) is 2.80. The number of hydrogen-bond acceptors (Lipinski definition) is 4. The zero-order valence-electron chi connectivity index (χ0n) is 12.3. The fraction of sp³-hybridized carbons (Fsp3) is 0.857. The minimum Gasteiger partial charge on any atom is -0.306 e. The molecule has 106 valence electrons. The normalized spacial score (nSPS) is 31.3. The minimum absolute atomic E-state index is 0.792. The van der Waals surface area contributed by atoms with E-state index < -0.39 is 0 Å². The molecule has 0 radical (unpaired) electrons. The van der Waals surface area contributed by atoms with Crippen molar-refractivity contribution in [2.45, 2.75) is 38.9 Å². The van der Waals surface area contributed by atoms with Gasteiger partial charge < -0.3 is 4.90 Å². The van der Waals surface area contributed by atoms with Gasteiger partial charge in [-0.3, -0.25) is 4.90 Å². The van der Waals surface area contributed by atoms with E-state index in [1.165, 1.54) is 25.9 Å². The van der Waals surface area contributed by atoms with Crippen LogP contribution in [0.2, 0.25) is 0 Å². The summed E-state index contributed by atoms with van der Waals surface area (Å²) in [6, 6.07) is 0.792. The van der Waals surface area contributed by atoms with E-state index >= 15 is 0 Å². The third-order valence-corrected chi connectivity index (χ3v) is 4.82. The Bertz CT molecular complexity index is 413. The molecular weight excluding hydrogens is 238 g/mol. The Hall–Kier alpha value is -0.940. The lowest BCUT2D eigenvalue weighted by Crippen LogP contribution is -2.50. The fourth-order valence-corrected chi connectivity index (χ4v) is 4.14. The lowest BCUT2D eigenvalue weighted by molar-refractivity contribution is 0.0691. The molecule has 1 aliphatic heterocycles. The Balaban J connectivity index is 1.67. The van der Waals surface area contributed by atoms with Crippen molar-refractivity contribution < 1.29 is 0 Å². The first-order valence-electron chi connectivity index (χ1n) is 7.44. The van der Waals surface area contributed by atoms with Crippen molar-refractivity contribution in [1.29, 1.82) is 0 Å². The van der Waals surface area contributed by atoms with Crippen LogP contribution in [-0.4, -0.2) is 57.8 Å². The number of fused-ring (bicyclic) bond motifs is 2. The van der Waals surface area contributed by atoms with E-state index in [1.54, 1.807) is 6.33 Å². The largest absolute Gasteiger partial charge is 0.306 e. The summed E-state index contributed by atoms with van der Waals surface area (Å²) in [7, 11) is 4.47. The van der Waals surface area contributed by atoms with E-state index in [-0.39, 0.29) is 0 Å². The van der Waals surface area contributed by atoms with Crippen LogP contribution >= 0.6 is 0 Å². The van der Waals surface area contributed by atoms with Gasteiger partial charge in [0.05, 0.1) is 6.54 Å². The molecule has 1 unspecified atom stereocenters. The van der Waals surface area contributed by atoms with Gasteiger partial charge in [-0.15, -0.1) is 0 Å². The second kappa shape index (κ2) is 5.21. The number of likely N-dealkylation sites (tertiary alicyclic amines) is 1. The monoisotopic (exact) mass is 263 g/mol. The zero-order chi connectivity index (χ0) is 13.4. The predicted octanol–water partition coefficient (Wildman–Crippen LogP) is 1.07. The van der Waals surface area contributed by atoms with Crippen molar-refractivity contribution >= 4 is 0 Å². The van der Waals surface area contributed by atoms with Crippen LogP contribution in [0.3, 0.4) is 0 Å². The second-order valence-corrected chi connectivity index (χ2v) is 6.24. The highest BCUT2D eigenvalue weighted by Crippen LogP contribution is 2.39. The molecule has 0 spiro atoms. The summed E-state index contributed by atoms with van der Waals surface area (Å²) >= 11 is 0. The zero-order valence-corrected chi connectivity index (χ0v) is 12.3. The number of piperidine rings is 1. The van der Waals surface area contributed by atoms with Crippen LogP contribution in [0.25, 0.3) is 0 Å². The standard InChI is InChI=1S/C14H25N5/c1-4-19-13(15-10-16-19)9-18-7-11-5-6-12(8-18)14(11)17(2)3/h10-12,14H,4-9H2,1-3H3/t11-,12+,14?. The van der Waals surface area contributed by atoms with Gasteiger partial charge >= 0.3 is 0 Å². The summed E-state index contributed by atoms with van der Waals surface area (Å²) in [4.78, 5) is 9.43. The summed E-state index contributed by atoms with van der Waals surface area (Å²) in [5, 5.41) is 4.27. The SMILES string of the molecule is CCn1ncnc1CN1C[C@H]2CC[C@@H](C1)C2N(C)C. The number of hydrogen-bond donors (Lipinski definition) is 0. The molecule has 1 saturated carbocycles. The lowest BCUT2D eigenvalue weighted by Gasteiger charge is -2.41. The maximum absolute atomic E-state index is 4.41. The van der Waals surface area contributed by atoms with E-state index in [1.807, 2.05) is 4.68 Å². The van der Waals surface area contributed by atoms with Crippen LogP contribution in [-0.2, 0) is 13.1 Å². The lowest BCUT2D eigenvalue weighted by atomic mass is 9.91. The van der Waals surface area contributed by atoms with Crippen molar-refractivity contribution in [3.05, 3.63) is 12.2 Å². The highest BCUT2D eigenvalue weighted by Gasteiger charge is 2.42. The Kier molecular flexibility index (Phi) is 3.58. The molecule has 1 aliphatic carbocycles. The van der Waals surface area contributed by atoms with Crippen LogP contribution in [0, 0.1) is 11.8 Å². The molecule has 1 aromatic rings. The molecule has 0 amide bonds. The molecule has 2 heterocycles. The molecule has 3 atom stereocenters. The van der Waals surface area contributed by atoms with Crippen LogP contribution in [0.15, 0.2) is 6.33 Å². The van der Waals surface area contributed by atoms with Gasteiger partial charge in [-0.05, 0) is 45.7 Å². The quantitative estimate of drug-likeness (QED) is 0.814. The second-order valence-electron chi connectivity index (χ2n) is 6.24. The van der Waals surface area contributed by atoms with E-state index in [0.717, 1.165) is 36.8 Å². The maximum atomic E-state index is 4.41. The summed E-state index contributed by atoms with van der Waals surface area (Å²) in [5.41, 5.74) is 0. The topological polar surface area (TPSA) is 37.2 Å². The van der Waals surface area contributed by atoms with Gasteiger partial charge in [0.1, 0.15) is 12.2 Å². The average molecular weight is 263 g/mol. The molecule has 2 aliphatic rings. The molecule has 2 fully saturated rings. The molecule has 0 N–H and O–H groups in total. The van der Waals surface area contributed by atoms with Gasteiger partial charge in [-0.1, -0.05) is 0 Å². The number of aryl methyl sites for hydroxylation is 1. The minimum atomic E-state index is 0.792. The van der Waals surface area contributed by atoms with E-state index in [0.29, 0.717) is 0 Å². The fourth-order valence-electron chi connectivity index (χ4n) is 4.14. The van der Waals surface area contributed by atoms with Gasteiger partial charge in [0, 0.05) is 25.7 Å². The Morgan fingerprint density at radius 2 is 1.95 bits per heavy atom. The van der Waals surface area contributed by atoms with Gasteiger partial charge in [0.25, 0.3) is 0 Å².